The van der Waals surface area contributed by atoms with Gasteiger partial charge in [-0.25, -0.2) is 0 Å². The topological polar surface area (TPSA) is 239 Å². The molecule has 11 unspecified atom stereocenters. The summed E-state index contributed by atoms with van der Waals surface area (Å²) < 4.78 is 29.5. The first-order valence-corrected chi connectivity index (χ1v) is 15.6. The number of phenolic OH excluding ortho intramolecular Hbond substituents is 3. The molecule has 11 atom stereocenters. The lowest BCUT2D eigenvalue weighted by atomic mass is 9.62. The second-order valence-corrected chi connectivity index (χ2v) is 12.9. The Hall–Kier alpha value is -3.67. The van der Waals surface area contributed by atoms with E-state index in [2.05, 4.69) is 0 Å². The molecule has 2 aromatic rings. The Kier molecular flexibility index (Phi) is 8.79. The van der Waals surface area contributed by atoms with E-state index in [0.29, 0.717) is 0 Å². The van der Waals surface area contributed by atoms with Crippen LogP contribution in [-0.4, -0.2) is 121 Å². The molecule has 0 spiro atoms. The van der Waals surface area contributed by atoms with Gasteiger partial charge in [0.05, 0.1) is 35.4 Å². The van der Waals surface area contributed by atoms with Gasteiger partial charge in [-0.3, -0.25) is 14.4 Å². The van der Waals surface area contributed by atoms with Gasteiger partial charge in [-0.2, -0.15) is 0 Å². The maximum absolute atomic E-state index is 14.8. The van der Waals surface area contributed by atoms with Crippen LogP contribution in [0.4, 0.5) is 0 Å². The van der Waals surface area contributed by atoms with Gasteiger partial charge in [0.1, 0.15) is 46.9 Å². The van der Waals surface area contributed by atoms with E-state index in [4.69, 9.17) is 23.7 Å². The minimum absolute atomic E-state index is 0.113. The molecule has 15 nitrogen and oxygen atoms in total. The lowest BCUT2D eigenvalue weighted by molar-refractivity contribution is -0.318. The van der Waals surface area contributed by atoms with Crippen LogP contribution in [0.3, 0.4) is 0 Å². The third kappa shape index (κ3) is 5.25. The molecule has 0 radical (unpaired) electrons. The second-order valence-electron chi connectivity index (χ2n) is 12.9. The number of benzene rings is 2. The molecule has 6 rings (SSSR count). The van der Waals surface area contributed by atoms with Gasteiger partial charge in [-0.1, -0.05) is 0 Å². The first-order valence-electron chi connectivity index (χ1n) is 15.6. The Bertz CT molecular complexity index is 1690. The zero-order valence-corrected chi connectivity index (χ0v) is 26.5. The highest BCUT2D eigenvalue weighted by molar-refractivity contribution is 6.25. The molecule has 2 fully saturated rings. The first-order chi connectivity index (χ1) is 22.6. The molecule has 2 aliphatic carbocycles. The molecular weight excluding hydrogens is 636 g/mol. The number of ether oxygens (including phenoxy) is 5. The summed E-state index contributed by atoms with van der Waals surface area (Å²) in [7, 11) is 1.19. The number of fused-ring (bicyclic) bond motifs is 3. The van der Waals surface area contributed by atoms with E-state index >= 15 is 0 Å². The fourth-order valence-corrected chi connectivity index (χ4v) is 7.46. The Morgan fingerprint density at radius 2 is 1.60 bits per heavy atom. The largest absolute Gasteiger partial charge is 0.508 e. The van der Waals surface area contributed by atoms with Crippen molar-refractivity contribution in [2.45, 2.75) is 101 Å². The molecule has 4 aliphatic rings. The highest BCUT2D eigenvalue weighted by Crippen LogP contribution is 2.52. The van der Waals surface area contributed by atoms with Crippen LogP contribution in [0.25, 0.3) is 10.8 Å². The van der Waals surface area contributed by atoms with E-state index in [1.54, 1.807) is 6.92 Å². The molecule has 7 N–H and O–H groups in total. The van der Waals surface area contributed by atoms with Crippen molar-refractivity contribution < 1.29 is 73.8 Å². The lowest BCUT2D eigenvalue weighted by Crippen LogP contribution is -2.65. The third-order valence-corrected chi connectivity index (χ3v) is 9.82. The minimum atomic E-state index is -2.55. The summed E-state index contributed by atoms with van der Waals surface area (Å²) in [6.45, 7) is 4.07. The van der Waals surface area contributed by atoms with Crippen molar-refractivity contribution >= 4 is 28.1 Å². The van der Waals surface area contributed by atoms with Crippen LogP contribution in [0.15, 0.2) is 29.5 Å². The molecule has 2 heterocycles. The van der Waals surface area contributed by atoms with Gasteiger partial charge in [0, 0.05) is 31.9 Å². The molecule has 2 saturated heterocycles. The zero-order chi connectivity index (χ0) is 35.0. The number of methoxy groups -OCH3 is 1. The Labute approximate surface area is 273 Å². The van der Waals surface area contributed by atoms with Crippen molar-refractivity contribution in [2.24, 2.45) is 5.92 Å². The van der Waals surface area contributed by atoms with Crippen molar-refractivity contribution in [3.05, 3.63) is 40.7 Å². The number of carbonyl (C=O) groups excluding carboxylic acids is 3. The maximum atomic E-state index is 14.8. The highest BCUT2D eigenvalue weighted by Gasteiger charge is 2.65. The van der Waals surface area contributed by atoms with E-state index in [1.165, 1.54) is 26.2 Å². The highest BCUT2D eigenvalue weighted by atomic mass is 16.7. The molecule has 0 amide bonds. The molecule has 0 saturated carbocycles. The number of rotatable bonds is 6. The monoisotopic (exact) mass is 674 g/mol. The van der Waals surface area contributed by atoms with Gasteiger partial charge < -0.3 is 59.4 Å². The van der Waals surface area contributed by atoms with Crippen molar-refractivity contribution in [1.29, 1.82) is 0 Å². The van der Waals surface area contributed by atoms with E-state index in [-0.39, 0.29) is 46.9 Å². The second kappa shape index (κ2) is 12.3. The van der Waals surface area contributed by atoms with Gasteiger partial charge >= 0.3 is 0 Å². The van der Waals surface area contributed by atoms with E-state index in [0.717, 1.165) is 13.0 Å². The standard InChI is InChI=1S/C33H38O15/c1-11(34)23-29(41)30(44-4)17-7-15-5-14-6-16(35)8-18(36)24(14)28(40)25(15)32(43)33(17,31(23)42)48-22-10-20(27(39)13(3)46-22)47-21-9-19(37)26(38)12(2)45-21/h5-6,8,12-13,17,19-22,26-27,30,35-40,42H,7,9-10H2,1-4H3. The summed E-state index contributed by atoms with van der Waals surface area (Å²) in [4.78, 5) is 41.1. The number of carbonyl (C=O) groups is 3. The molecule has 2 aromatic carbocycles. The molecular formula is C33H38O15. The predicted molar refractivity (Wildman–Crippen MR) is 161 cm³/mol. The maximum Gasteiger partial charge on any atom is 0.207 e. The summed E-state index contributed by atoms with van der Waals surface area (Å²) in [6.07, 6.45) is -11.0. The smallest absolute Gasteiger partial charge is 0.207 e. The molecule has 2 aliphatic heterocycles. The molecule has 260 valence electrons. The summed E-state index contributed by atoms with van der Waals surface area (Å²) in [6, 6.07) is 3.68. The van der Waals surface area contributed by atoms with Gasteiger partial charge in [0.2, 0.25) is 5.78 Å². The van der Waals surface area contributed by atoms with E-state index < -0.39 is 107 Å². The van der Waals surface area contributed by atoms with Gasteiger partial charge in [-0.15, -0.1) is 0 Å². The van der Waals surface area contributed by atoms with Gasteiger partial charge in [-0.05, 0) is 50.3 Å². The number of ketones is 3. The Balaban J connectivity index is 1.46. The van der Waals surface area contributed by atoms with Crippen LogP contribution in [-0.2, 0) is 39.7 Å². The third-order valence-electron chi connectivity index (χ3n) is 9.82. The normalized spacial score (nSPS) is 37.0. The van der Waals surface area contributed by atoms with Crippen LogP contribution < -0.4 is 0 Å². The SMILES string of the molecule is COC1C(=O)C(C(C)=O)=C(O)C2(OC3CC(OC4CC(O)C(O)C(C)O4)C(O)C(C)O3)C(=O)c3c(cc4cc(O)cc(O)c4c3O)CC12. The fraction of sp³-hybridized carbons (Fsp3) is 0.545. The zero-order valence-electron chi connectivity index (χ0n) is 26.5. The van der Waals surface area contributed by atoms with Crippen molar-refractivity contribution in [3.63, 3.8) is 0 Å². The van der Waals surface area contributed by atoms with Crippen LogP contribution >= 0.6 is 0 Å². The number of hydrogen-bond acceptors (Lipinski definition) is 15. The summed E-state index contributed by atoms with van der Waals surface area (Å²) >= 11 is 0. The Morgan fingerprint density at radius 3 is 2.25 bits per heavy atom. The molecule has 48 heavy (non-hydrogen) atoms. The van der Waals surface area contributed by atoms with Gasteiger partial charge in [0.25, 0.3) is 0 Å². The average molecular weight is 675 g/mol. The Morgan fingerprint density at radius 1 is 0.938 bits per heavy atom. The van der Waals surface area contributed by atoms with Crippen molar-refractivity contribution in [3.8, 4) is 17.2 Å². The first kappa shape index (κ1) is 34.2. The number of aliphatic hydroxyl groups is 4. The van der Waals surface area contributed by atoms with E-state index in [9.17, 15) is 50.1 Å². The minimum Gasteiger partial charge on any atom is -0.508 e. The van der Waals surface area contributed by atoms with Gasteiger partial charge in [0.15, 0.2) is 29.7 Å². The van der Waals surface area contributed by atoms with Crippen molar-refractivity contribution in [1.82, 2.24) is 0 Å². The van der Waals surface area contributed by atoms with Crippen LogP contribution in [0, 0.1) is 5.92 Å². The molecule has 0 bridgehead atoms. The average Bonchev–Trinajstić information content (AvgIpc) is 2.99. The summed E-state index contributed by atoms with van der Waals surface area (Å²) in [5, 5.41) is 75.2. The fourth-order valence-electron chi connectivity index (χ4n) is 7.46. The van der Waals surface area contributed by atoms with E-state index in [1.807, 2.05) is 0 Å². The quantitative estimate of drug-likeness (QED) is 0.210. The predicted octanol–water partition coefficient (Wildman–Crippen LogP) is 0.804. The van der Waals surface area contributed by atoms with Crippen LogP contribution in [0.5, 0.6) is 17.2 Å². The summed E-state index contributed by atoms with van der Waals surface area (Å²) in [5.41, 5.74) is -3.47. The van der Waals surface area contributed by atoms with Crippen LogP contribution in [0.1, 0.15) is 49.5 Å². The van der Waals surface area contributed by atoms with Crippen LogP contribution in [0.2, 0.25) is 0 Å². The molecule has 0 aromatic heterocycles. The summed E-state index contributed by atoms with van der Waals surface area (Å²) in [5.74, 6) is -6.69. The lowest BCUT2D eigenvalue weighted by Gasteiger charge is -2.50. The number of aromatic hydroxyl groups is 3. The number of hydrogen-bond donors (Lipinski definition) is 7. The van der Waals surface area contributed by atoms with Crippen molar-refractivity contribution in [2.75, 3.05) is 7.11 Å². The number of phenols is 3. The number of Topliss-reactive ketones (excluding diaryl/α,β-unsaturated/α-hetero) is 3. The molecule has 15 heteroatoms. The number of aliphatic hydroxyl groups excluding tert-OH is 4.